The molecule has 142 valence electrons. The van der Waals surface area contributed by atoms with E-state index < -0.39 is 9.84 Å². The number of benzene rings is 2. The number of aromatic nitrogens is 1. The Morgan fingerprint density at radius 1 is 1.04 bits per heavy atom. The predicted octanol–water partition coefficient (Wildman–Crippen LogP) is 3.79. The zero-order chi connectivity index (χ0) is 19.6. The van der Waals surface area contributed by atoms with Crippen molar-refractivity contribution in [1.29, 1.82) is 0 Å². The lowest BCUT2D eigenvalue weighted by atomic mass is 10.00. The monoisotopic (exact) mass is 385 g/mol. The maximum atomic E-state index is 12.5. The number of nitrogens with zero attached hydrogens (tertiary/aromatic N) is 1. The summed E-state index contributed by atoms with van der Waals surface area (Å²) in [6.45, 7) is 2.63. The second-order valence-corrected chi connectivity index (χ2v) is 8.65. The maximum absolute atomic E-state index is 12.5. The summed E-state index contributed by atoms with van der Waals surface area (Å²) in [7, 11) is -1.68. The van der Waals surface area contributed by atoms with Gasteiger partial charge in [0.2, 0.25) is 0 Å². The van der Waals surface area contributed by atoms with Gasteiger partial charge in [-0.05, 0) is 36.1 Å². The average Bonchev–Trinajstić information content (AvgIpc) is 2.64. The fourth-order valence-corrected chi connectivity index (χ4v) is 3.68. The largest absolute Gasteiger partial charge is 0.493 e. The minimum atomic E-state index is -3.37. The van der Waals surface area contributed by atoms with Crippen molar-refractivity contribution in [2.45, 2.75) is 24.7 Å². The van der Waals surface area contributed by atoms with Crippen LogP contribution in [0.1, 0.15) is 19.8 Å². The lowest BCUT2D eigenvalue weighted by Crippen LogP contribution is -2.16. The van der Waals surface area contributed by atoms with Crippen LogP contribution in [0, 0.1) is 0 Å². The van der Waals surface area contributed by atoms with Gasteiger partial charge in [-0.2, -0.15) is 0 Å². The number of unbranched alkanes of at least 4 members (excludes halogenated alkanes) is 1. The summed E-state index contributed by atoms with van der Waals surface area (Å²) in [6.07, 6.45) is 4.82. The first-order chi connectivity index (χ1) is 12.8. The van der Waals surface area contributed by atoms with Gasteiger partial charge in [0, 0.05) is 36.0 Å². The molecule has 0 aliphatic heterocycles. The molecule has 0 N–H and O–H groups in total. The molecular weight excluding hydrogens is 362 g/mol. The Labute approximate surface area is 159 Å². The van der Waals surface area contributed by atoms with Crippen molar-refractivity contribution in [3.8, 4) is 16.9 Å². The molecule has 6 heteroatoms. The Hall–Kier alpha value is -2.60. The second kappa shape index (κ2) is 7.56. The summed E-state index contributed by atoms with van der Waals surface area (Å²) < 4.78 is 31.6. The first-order valence-electron chi connectivity index (χ1n) is 8.88. The summed E-state index contributed by atoms with van der Waals surface area (Å²) >= 11 is 0. The van der Waals surface area contributed by atoms with Gasteiger partial charge in [-0.15, -0.1) is 0 Å². The molecular formula is C21H23NO4S. The van der Waals surface area contributed by atoms with Crippen LogP contribution >= 0.6 is 0 Å². The molecule has 3 rings (SSSR count). The highest BCUT2D eigenvalue weighted by molar-refractivity contribution is 7.90. The van der Waals surface area contributed by atoms with E-state index in [0.717, 1.165) is 23.8 Å². The SMILES string of the molecule is CCCCOc1ccc(S(C)(=O)=O)cc1-c1cn(C)c(=O)c2ccccc12. The topological polar surface area (TPSA) is 65.4 Å². The van der Waals surface area contributed by atoms with Crippen molar-refractivity contribution < 1.29 is 13.2 Å². The molecule has 1 heterocycles. The number of fused-ring (bicyclic) bond motifs is 1. The van der Waals surface area contributed by atoms with E-state index in [1.807, 2.05) is 18.2 Å². The van der Waals surface area contributed by atoms with Gasteiger partial charge in [0.15, 0.2) is 9.84 Å². The molecule has 0 spiro atoms. The summed E-state index contributed by atoms with van der Waals surface area (Å²) in [5.41, 5.74) is 1.34. The fraction of sp³-hybridized carbons (Fsp3) is 0.286. The molecule has 27 heavy (non-hydrogen) atoms. The summed E-state index contributed by atoms with van der Waals surface area (Å²) in [6, 6.07) is 12.2. The van der Waals surface area contributed by atoms with E-state index in [-0.39, 0.29) is 10.5 Å². The minimum Gasteiger partial charge on any atom is -0.493 e. The molecule has 0 aliphatic carbocycles. The van der Waals surface area contributed by atoms with Crippen LogP contribution in [0.3, 0.4) is 0 Å². The van der Waals surface area contributed by atoms with Crippen molar-refractivity contribution in [2.75, 3.05) is 12.9 Å². The Bertz CT molecular complexity index is 1150. The van der Waals surface area contributed by atoms with Crippen molar-refractivity contribution in [3.05, 3.63) is 59.0 Å². The minimum absolute atomic E-state index is 0.0953. The van der Waals surface area contributed by atoms with E-state index >= 15 is 0 Å². The van der Waals surface area contributed by atoms with E-state index in [1.165, 1.54) is 10.8 Å². The van der Waals surface area contributed by atoms with Crippen molar-refractivity contribution in [1.82, 2.24) is 4.57 Å². The fourth-order valence-electron chi connectivity index (χ4n) is 3.03. The van der Waals surface area contributed by atoms with Gasteiger partial charge in [-0.1, -0.05) is 31.5 Å². The number of hydrogen-bond acceptors (Lipinski definition) is 4. The molecule has 0 saturated carbocycles. The lowest BCUT2D eigenvalue weighted by molar-refractivity contribution is 0.310. The van der Waals surface area contributed by atoms with Crippen LogP contribution in [0.2, 0.25) is 0 Å². The molecule has 0 fully saturated rings. The van der Waals surface area contributed by atoms with Gasteiger partial charge in [-0.25, -0.2) is 8.42 Å². The zero-order valence-corrected chi connectivity index (χ0v) is 16.5. The molecule has 0 saturated heterocycles. The molecule has 0 aliphatic rings. The third-order valence-electron chi connectivity index (χ3n) is 4.52. The third-order valence-corrected chi connectivity index (χ3v) is 5.63. The zero-order valence-electron chi connectivity index (χ0n) is 15.7. The van der Waals surface area contributed by atoms with Crippen LogP contribution < -0.4 is 10.3 Å². The van der Waals surface area contributed by atoms with Crippen LogP contribution in [-0.2, 0) is 16.9 Å². The summed E-state index contributed by atoms with van der Waals surface area (Å²) in [4.78, 5) is 12.7. The third kappa shape index (κ3) is 3.90. The number of pyridine rings is 1. The number of hydrogen-bond donors (Lipinski definition) is 0. The molecule has 0 unspecified atom stereocenters. The number of sulfone groups is 1. The van der Waals surface area contributed by atoms with Crippen LogP contribution in [0.15, 0.2) is 58.4 Å². The quantitative estimate of drug-likeness (QED) is 0.606. The van der Waals surface area contributed by atoms with Crippen LogP contribution in [0.5, 0.6) is 5.75 Å². The van der Waals surface area contributed by atoms with Crippen LogP contribution in [0.4, 0.5) is 0 Å². The smallest absolute Gasteiger partial charge is 0.258 e. The van der Waals surface area contributed by atoms with Crippen LogP contribution in [0.25, 0.3) is 21.9 Å². The average molecular weight is 385 g/mol. The number of aryl methyl sites for hydroxylation is 1. The maximum Gasteiger partial charge on any atom is 0.258 e. The molecule has 0 atom stereocenters. The summed E-state index contributed by atoms with van der Waals surface area (Å²) in [5.74, 6) is 0.611. The lowest BCUT2D eigenvalue weighted by Gasteiger charge is -2.15. The molecule has 2 aromatic carbocycles. The normalized spacial score (nSPS) is 11.7. The molecule has 3 aromatic rings. The molecule has 0 radical (unpaired) electrons. The van der Waals surface area contributed by atoms with Crippen molar-refractivity contribution in [2.24, 2.45) is 7.05 Å². The Kier molecular flexibility index (Phi) is 5.37. The van der Waals surface area contributed by atoms with E-state index in [1.54, 1.807) is 37.5 Å². The highest BCUT2D eigenvalue weighted by atomic mass is 32.2. The molecule has 5 nitrogen and oxygen atoms in total. The van der Waals surface area contributed by atoms with Crippen LogP contribution in [-0.4, -0.2) is 25.8 Å². The van der Waals surface area contributed by atoms with Gasteiger partial charge in [0.1, 0.15) is 5.75 Å². The van der Waals surface area contributed by atoms with E-state index in [4.69, 9.17) is 4.74 Å². The van der Waals surface area contributed by atoms with Gasteiger partial charge in [0.05, 0.1) is 11.5 Å². The standard InChI is InChI=1S/C21H23NO4S/c1-4-5-12-26-20-11-10-15(27(3,24)25)13-18(20)19-14-22(2)21(23)17-9-7-6-8-16(17)19/h6-11,13-14H,4-5,12H2,1-3H3. The van der Waals surface area contributed by atoms with Gasteiger partial charge in [0.25, 0.3) is 5.56 Å². The Morgan fingerprint density at radius 2 is 1.74 bits per heavy atom. The van der Waals surface area contributed by atoms with Crippen molar-refractivity contribution in [3.63, 3.8) is 0 Å². The Morgan fingerprint density at radius 3 is 2.41 bits per heavy atom. The number of rotatable bonds is 6. The molecule has 1 aromatic heterocycles. The summed E-state index contributed by atoms with van der Waals surface area (Å²) in [5, 5.41) is 1.35. The number of ether oxygens (including phenoxy) is 1. The second-order valence-electron chi connectivity index (χ2n) is 6.64. The first kappa shape index (κ1) is 19.2. The van der Waals surface area contributed by atoms with E-state index in [9.17, 15) is 13.2 Å². The van der Waals surface area contributed by atoms with Gasteiger partial charge < -0.3 is 9.30 Å². The highest BCUT2D eigenvalue weighted by Crippen LogP contribution is 2.36. The Balaban J connectivity index is 2.30. The molecule has 0 amide bonds. The first-order valence-corrected chi connectivity index (χ1v) is 10.8. The van der Waals surface area contributed by atoms with Crippen molar-refractivity contribution >= 4 is 20.6 Å². The van der Waals surface area contributed by atoms with E-state index in [2.05, 4.69) is 6.92 Å². The van der Waals surface area contributed by atoms with E-state index in [0.29, 0.717) is 23.3 Å². The highest BCUT2D eigenvalue weighted by Gasteiger charge is 2.17. The van der Waals surface area contributed by atoms with Gasteiger partial charge >= 0.3 is 0 Å². The predicted molar refractivity (Wildman–Crippen MR) is 108 cm³/mol. The molecule has 0 bridgehead atoms. The van der Waals surface area contributed by atoms with Gasteiger partial charge in [-0.3, -0.25) is 4.79 Å².